The number of nitro benzene ring substituents is 1. The SMILES string of the molecule is COc1cc(C=C2Oc3cc(OC(=O)c4ccc([N+](=O)[O-])cc4)ccc3C2=O)cc(OC)c1OC. The molecular weight excluding hydrogens is 458 g/mol. The van der Waals surface area contributed by atoms with Crippen LogP contribution in [0.2, 0.25) is 0 Å². The molecule has 4 rings (SSSR count). The van der Waals surface area contributed by atoms with Gasteiger partial charge in [-0.05, 0) is 48.0 Å². The van der Waals surface area contributed by atoms with Crippen LogP contribution in [0.4, 0.5) is 5.69 Å². The van der Waals surface area contributed by atoms with Crippen molar-refractivity contribution in [1.29, 1.82) is 0 Å². The van der Waals surface area contributed by atoms with Gasteiger partial charge in [-0.2, -0.15) is 0 Å². The number of ketones is 1. The number of carbonyl (C=O) groups excluding carboxylic acids is 2. The summed E-state index contributed by atoms with van der Waals surface area (Å²) in [7, 11) is 4.46. The van der Waals surface area contributed by atoms with E-state index in [2.05, 4.69) is 0 Å². The van der Waals surface area contributed by atoms with Crippen molar-refractivity contribution >= 4 is 23.5 Å². The number of carbonyl (C=O) groups is 2. The Kier molecular flexibility index (Phi) is 6.36. The Bertz CT molecular complexity index is 1330. The number of hydrogen-bond donors (Lipinski definition) is 0. The summed E-state index contributed by atoms with van der Waals surface area (Å²) in [6.45, 7) is 0. The highest BCUT2D eigenvalue weighted by atomic mass is 16.6. The number of esters is 1. The Balaban J connectivity index is 1.56. The number of Topliss-reactive ketones (excluding diaryl/α,β-unsaturated/α-hetero) is 1. The number of nitrogens with zero attached hydrogens (tertiary/aromatic N) is 1. The standard InChI is InChI=1S/C25H19NO9/c1-31-21-11-14(12-22(32-2)24(21)33-3)10-20-23(27)18-9-8-17(13-19(18)35-20)34-25(28)15-4-6-16(7-5-15)26(29)30/h4-13H,1-3H3. The van der Waals surface area contributed by atoms with E-state index < -0.39 is 10.9 Å². The van der Waals surface area contributed by atoms with E-state index in [1.807, 2.05) is 0 Å². The molecule has 0 spiro atoms. The van der Waals surface area contributed by atoms with Crippen molar-refractivity contribution in [3.8, 4) is 28.7 Å². The number of allylic oxidation sites excluding steroid dienone is 1. The average molecular weight is 477 g/mol. The molecule has 0 unspecified atom stereocenters. The molecule has 1 heterocycles. The van der Waals surface area contributed by atoms with Crippen molar-refractivity contribution in [3.05, 3.63) is 87.2 Å². The van der Waals surface area contributed by atoms with Crippen LogP contribution in [0.3, 0.4) is 0 Å². The minimum Gasteiger partial charge on any atom is -0.493 e. The monoisotopic (exact) mass is 477 g/mol. The number of nitro groups is 1. The molecule has 178 valence electrons. The molecule has 3 aromatic carbocycles. The zero-order chi connectivity index (χ0) is 25.1. The molecule has 10 nitrogen and oxygen atoms in total. The lowest BCUT2D eigenvalue weighted by Crippen LogP contribution is -2.08. The molecular formula is C25H19NO9. The molecule has 35 heavy (non-hydrogen) atoms. The van der Waals surface area contributed by atoms with E-state index in [1.165, 1.54) is 69.9 Å². The first kappa shape index (κ1) is 23.3. The van der Waals surface area contributed by atoms with Crippen molar-refractivity contribution in [3.63, 3.8) is 0 Å². The van der Waals surface area contributed by atoms with E-state index in [4.69, 9.17) is 23.7 Å². The topological polar surface area (TPSA) is 123 Å². The molecule has 0 N–H and O–H groups in total. The zero-order valence-corrected chi connectivity index (χ0v) is 18.9. The third kappa shape index (κ3) is 4.62. The average Bonchev–Trinajstić information content (AvgIpc) is 3.17. The second-order valence-electron chi connectivity index (χ2n) is 7.25. The van der Waals surface area contributed by atoms with Gasteiger partial charge in [-0.1, -0.05) is 0 Å². The van der Waals surface area contributed by atoms with Gasteiger partial charge in [0.05, 0.1) is 37.4 Å². The summed E-state index contributed by atoms with van der Waals surface area (Å²) in [5.74, 6) is 0.631. The summed E-state index contributed by atoms with van der Waals surface area (Å²) >= 11 is 0. The van der Waals surface area contributed by atoms with Crippen molar-refractivity contribution in [2.24, 2.45) is 0 Å². The fraction of sp³-hybridized carbons (Fsp3) is 0.120. The van der Waals surface area contributed by atoms with Crippen LogP contribution in [-0.2, 0) is 0 Å². The van der Waals surface area contributed by atoms with Gasteiger partial charge in [0.2, 0.25) is 11.5 Å². The van der Waals surface area contributed by atoms with Gasteiger partial charge in [0.25, 0.3) is 5.69 Å². The van der Waals surface area contributed by atoms with Gasteiger partial charge in [-0.15, -0.1) is 0 Å². The van der Waals surface area contributed by atoms with Crippen molar-refractivity contribution in [2.45, 2.75) is 0 Å². The number of non-ortho nitro benzene ring substituents is 1. The van der Waals surface area contributed by atoms with E-state index in [1.54, 1.807) is 12.1 Å². The lowest BCUT2D eigenvalue weighted by Gasteiger charge is -2.13. The number of methoxy groups -OCH3 is 3. The molecule has 0 saturated carbocycles. The van der Waals surface area contributed by atoms with Crippen LogP contribution in [0, 0.1) is 10.1 Å². The smallest absolute Gasteiger partial charge is 0.343 e. The summed E-state index contributed by atoms with van der Waals surface area (Å²) < 4.78 is 27.0. The molecule has 0 bridgehead atoms. The molecule has 10 heteroatoms. The molecule has 0 saturated heterocycles. The predicted molar refractivity (Wildman–Crippen MR) is 124 cm³/mol. The van der Waals surface area contributed by atoms with Crippen molar-refractivity contribution in [2.75, 3.05) is 21.3 Å². The number of benzene rings is 3. The molecule has 0 atom stereocenters. The maximum atomic E-state index is 12.8. The first-order valence-corrected chi connectivity index (χ1v) is 10.2. The highest BCUT2D eigenvalue weighted by Crippen LogP contribution is 2.40. The van der Waals surface area contributed by atoms with E-state index in [0.29, 0.717) is 28.4 Å². The lowest BCUT2D eigenvalue weighted by atomic mass is 10.1. The van der Waals surface area contributed by atoms with Crippen LogP contribution in [0.1, 0.15) is 26.3 Å². The third-order valence-corrected chi connectivity index (χ3v) is 5.15. The second-order valence-corrected chi connectivity index (χ2v) is 7.25. The second kappa shape index (κ2) is 9.56. The number of ether oxygens (including phenoxy) is 5. The van der Waals surface area contributed by atoms with Crippen LogP contribution < -0.4 is 23.7 Å². The van der Waals surface area contributed by atoms with Crippen molar-refractivity contribution < 1.29 is 38.2 Å². The van der Waals surface area contributed by atoms with Crippen LogP contribution in [0.5, 0.6) is 28.7 Å². The molecule has 0 aromatic heterocycles. The third-order valence-electron chi connectivity index (χ3n) is 5.15. The number of rotatable bonds is 7. The van der Waals surface area contributed by atoms with Gasteiger partial charge in [0.1, 0.15) is 11.5 Å². The molecule has 0 fully saturated rings. The quantitative estimate of drug-likeness (QED) is 0.160. The molecule has 0 radical (unpaired) electrons. The van der Waals surface area contributed by atoms with E-state index >= 15 is 0 Å². The number of fused-ring (bicyclic) bond motifs is 1. The summed E-state index contributed by atoms with van der Waals surface area (Å²) in [6.07, 6.45) is 1.54. The van der Waals surface area contributed by atoms with Crippen LogP contribution in [-0.4, -0.2) is 38.0 Å². The maximum Gasteiger partial charge on any atom is 0.343 e. The van der Waals surface area contributed by atoms with E-state index in [9.17, 15) is 19.7 Å². The Hall–Kier alpha value is -4.86. The van der Waals surface area contributed by atoms with Crippen LogP contribution >= 0.6 is 0 Å². The van der Waals surface area contributed by atoms with E-state index in [-0.39, 0.29) is 34.3 Å². The van der Waals surface area contributed by atoms with Crippen LogP contribution in [0.25, 0.3) is 6.08 Å². The Labute approximate surface area is 199 Å². The predicted octanol–water partition coefficient (Wildman–Crippen LogP) is 4.46. The van der Waals surface area contributed by atoms with Crippen molar-refractivity contribution in [1.82, 2.24) is 0 Å². The highest BCUT2D eigenvalue weighted by Gasteiger charge is 2.28. The normalized spacial score (nSPS) is 13.1. The lowest BCUT2D eigenvalue weighted by molar-refractivity contribution is -0.384. The molecule has 1 aliphatic rings. The Morgan fingerprint density at radius 2 is 1.60 bits per heavy atom. The first-order chi connectivity index (χ1) is 16.8. The van der Waals surface area contributed by atoms with Gasteiger partial charge in [0, 0.05) is 18.2 Å². The van der Waals surface area contributed by atoms with Gasteiger partial charge < -0.3 is 23.7 Å². The minimum atomic E-state index is -0.711. The van der Waals surface area contributed by atoms with E-state index in [0.717, 1.165) is 0 Å². The van der Waals surface area contributed by atoms with Crippen LogP contribution in [0.15, 0.2) is 60.4 Å². The Morgan fingerprint density at radius 3 is 2.17 bits per heavy atom. The fourth-order valence-corrected chi connectivity index (χ4v) is 3.45. The Morgan fingerprint density at radius 1 is 0.943 bits per heavy atom. The fourth-order valence-electron chi connectivity index (χ4n) is 3.45. The van der Waals surface area contributed by atoms with Gasteiger partial charge in [-0.25, -0.2) is 4.79 Å². The summed E-state index contributed by atoms with van der Waals surface area (Å²) in [4.78, 5) is 35.4. The molecule has 1 aliphatic heterocycles. The van der Waals surface area contributed by atoms with Gasteiger partial charge >= 0.3 is 5.97 Å². The highest BCUT2D eigenvalue weighted by molar-refractivity contribution is 6.14. The summed E-state index contributed by atoms with van der Waals surface area (Å²) in [5.41, 5.74) is 0.882. The molecule has 0 aliphatic carbocycles. The summed E-state index contributed by atoms with van der Waals surface area (Å²) in [5, 5.41) is 10.8. The van der Waals surface area contributed by atoms with Gasteiger partial charge in [0.15, 0.2) is 17.3 Å². The molecule has 0 amide bonds. The zero-order valence-electron chi connectivity index (χ0n) is 18.9. The molecule has 3 aromatic rings. The van der Waals surface area contributed by atoms with Gasteiger partial charge in [-0.3, -0.25) is 14.9 Å². The number of hydrogen-bond acceptors (Lipinski definition) is 9. The maximum absolute atomic E-state index is 12.8. The summed E-state index contributed by atoms with van der Waals surface area (Å²) in [6, 6.07) is 12.7. The largest absolute Gasteiger partial charge is 0.493 e. The minimum absolute atomic E-state index is 0.0631. The first-order valence-electron chi connectivity index (χ1n) is 10.2.